The van der Waals surface area contributed by atoms with Crippen molar-refractivity contribution in [1.29, 1.82) is 0 Å². The van der Waals surface area contributed by atoms with Crippen LogP contribution in [0.3, 0.4) is 0 Å². The second-order valence-corrected chi connectivity index (χ2v) is 12.0. The van der Waals surface area contributed by atoms with Gasteiger partial charge in [0.2, 0.25) is 5.95 Å². The molecular weight excluding hydrogens is 557 g/mol. The number of aromatic nitrogens is 4. The highest BCUT2D eigenvalue weighted by atomic mass is 32.1. The zero-order chi connectivity index (χ0) is 29.0. The van der Waals surface area contributed by atoms with Gasteiger partial charge in [0.05, 0.1) is 11.0 Å². The maximum Gasteiger partial charge on any atom is 0.238 e. The lowest BCUT2D eigenvalue weighted by atomic mass is 10.0. The number of rotatable bonds is 4. The molecule has 44 heavy (non-hydrogen) atoms. The third kappa shape index (κ3) is 4.02. The molecule has 5 heteroatoms. The van der Waals surface area contributed by atoms with Gasteiger partial charge in [-0.25, -0.2) is 4.98 Å². The Morgan fingerprint density at radius 1 is 0.386 bits per heavy atom. The van der Waals surface area contributed by atoms with E-state index in [0.717, 1.165) is 33.3 Å². The lowest BCUT2D eigenvalue weighted by Gasteiger charge is -2.11. The fraction of sp³-hybridized carbons (Fsp3) is 0. The molecule has 3 heterocycles. The van der Waals surface area contributed by atoms with Gasteiger partial charge in [-0.3, -0.25) is 4.57 Å². The van der Waals surface area contributed by atoms with Gasteiger partial charge in [-0.1, -0.05) is 115 Å². The highest BCUT2D eigenvalue weighted by Crippen LogP contribution is 2.40. The summed E-state index contributed by atoms with van der Waals surface area (Å²) < 4.78 is 4.74. The number of benzene rings is 6. The van der Waals surface area contributed by atoms with Crippen LogP contribution in [0.25, 0.3) is 81.8 Å². The Balaban J connectivity index is 1.33. The first-order valence-corrected chi connectivity index (χ1v) is 15.4. The van der Waals surface area contributed by atoms with E-state index in [1.165, 1.54) is 30.9 Å². The third-order valence-corrected chi connectivity index (χ3v) is 9.39. The molecule has 4 nitrogen and oxygen atoms in total. The van der Waals surface area contributed by atoms with E-state index in [1.54, 1.807) is 0 Å². The van der Waals surface area contributed by atoms with E-state index in [0.29, 0.717) is 17.6 Å². The molecule has 0 aliphatic rings. The Morgan fingerprint density at radius 3 is 1.84 bits per heavy atom. The Morgan fingerprint density at radius 2 is 1.02 bits per heavy atom. The van der Waals surface area contributed by atoms with Gasteiger partial charge in [0, 0.05) is 42.1 Å². The van der Waals surface area contributed by atoms with Crippen molar-refractivity contribution in [3.8, 4) is 39.9 Å². The molecule has 9 aromatic rings. The molecule has 9 rings (SSSR count). The number of fused-ring (bicyclic) bond motifs is 6. The molecule has 206 valence electrons. The maximum absolute atomic E-state index is 5.17. The Bertz CT molecular complexity index is 2490. The highest BCUT2D eigenvalue weighted by Gasteiger charge is 2.19. The van der Waals surface area contributed by atoms with E-state index < -0.39 is 0 Å². The van der Waals surface area contributed by atoms with Crippen molar-refractivity contribution in [2.45, 2.75) is 0 Å². The summed E-state index contributed by atoms with van der Waals surface area (Å²) in [6.45, 7) is 0. The van der Waals surface area contributed by atoms with E-state index in [-0.39, 0.29) is 0 Å². The topological polar surface area (TPSA) is 43.6 Å². The van der Waals surface area contributed by atoms with Crippen LogP contribution in [-0.2, 0) is 0 Å². The molecule has 6 aromatic carbocycles. The van der Waals surface area contributed by atoms with Gasteiger partial charge in [0.15, 0.2) is 11.6 Å². The van der Waals surface area contributed by atoms with Crippen LogP contribution in [0.1, 0.15) is 0 Å². The Hall–Kier alpha value is -5.65. The minimum Gasteiger partial charge on any atom is -0.278 e. The fourth-order valence-electron chi connectivity index (χ4n) is 6.18. The number of hydrogen-bond acceptors (Lipinski definition) is 4. The van der Waals surface area contributed by atoms with Crippen LogP contribution in [-0.4, -0.2) is 19.5 Å². The summed E-state index contributed by atoms with van der Waals surface area (Å²) in [4.78, 5) is 15.3. The van der Waals surface area contributed by atoms with Crippen molar-refractivity contribution >= 4 is 53.3 Å². The molecule has 0 unspecified atom stereocenters. The number of para-hydroxylation sites is 1. The first-order valence-electron chi connectivity index (χ1n) is 14.6. The summed E-state index contributed by atoms with van der Waals surface area (Å²) in [6.07, 6.45) is 0. The van der Waals surface area contributed by atoms with Crippen molar-refractivity contribution in [1.82, 2.24) is 19.5 Å². The number of thiophene rings is 1. The minimum atomic E-state index is 0.602. The molecule has 0 saturated carbocycles. The molecule has 0 fully saturated rings. The average Bonchev–Trinajstić information content (AvgIpc) is 3.62. The van der Waals surface area contributed by atoms with Crippen LogP contribution in [0.15, 0.2) is 146 Å². The fourth-order valence-corrected chi connectivity index (χ4v) is 7.30. The van der Waals surface area contributed by atoms with E-state index in [2.05, 4.69) is 126 Å². The molecule has 0 atom stereocenters. The quantitative estimate of drug-likeness (QED) is 0.208. The summed E-state index contributed by atoms with van der Waals surface area (Å²) >= 11 is 1.82. The molecular formula is C39H24N4S. The van der Waals surface area contributed by atoms with E-state index in [9.17, 15) is 0 Å². The van der Waals surface area contributed by atoms with Crippen molar-refractivity contribution in [2.24, 2.45) is 0 Å². The van der Waals surface area contributed by atoms with Gasteiger partial charge in [0.1, 0.15) is 0 Å². The van der Waals surface area contributed by atoms with Gasteiger partial charge >= 0.3 is 0 Å². The molecule has 0 amide bonds. The van der Waals surface area contributed by atoms with E-state index >= 15 is 0 Å². The minimum absolute atomic E-state index is 0.602. The standard InChI is InChI=1S/C39H24N4S/c1-3-12-25(13-4-1)27-16-11-17-28(22-27)38-40-37(26-14-5-2-6-15-26)41-39(42-38)43-33-20-9-7-18-29(33)31-23-32-30-19-8-10-21-35(30)44-36(32)24-34(31)43/h1-24H. The lowest BCUT2D eigenvalue weighted by molar-refractivity contribution is 0.954. The SMILES string of the molecule is c1ccc(-c2cccc(-c3nc(-c4ccccc4)nc(-n4c5ccccc5c5cc6c(cc54)sc4ccccc46)n3)c2)cc1. The van der Waals surface area contributed by atoms with Crippen LogP contribution in [0.2, 0.25) is 0 Å². The Kier molecular flexibility index (Phi) is 5.64. The molecule has 0 spiro atoms. The van der Waals surface area contributed by atoms with Crippen molar-refractivity contribution in [3.63, 3.8) is 0 Å². The van der Waals surface area contributed by atoms with E-state index in [1.807, 2.05) is 35.6 Å². The van der Waals surface area contributed by atoms with Gasteiger partial charge in [-0.15, -0.1) is 11.3 Å². The van der Waals surface area contributed by atoms with Crippen LogP contribution >= 0.6 is 11.3 Å². The molecule has 0 radical (unpaired) electrons. The van der Waals surface area contributed by atoms with Crippen LogP contribution in [0.5, 0.6) is 0 Å². The van der Waals surface area contributed by atoms with Gasteiger partial charge in [-0.05, 0) is 41.5 Å². The van der Waals surface area contributed by atoms with Crippen molar-refractivity contribution in [2.75, 3.05) is 0 Å². The smallest absolute Gasteiger partial charge is 0.238 e. The van der Waals surface area contributed by atoms with Gasteiger partial charge in [-0.2, -0.15) is 9.97 Å². The van der Waals surface area contributed by atoms with Crippen molar-refractivity contribution in [3.05, 3.63) is 146 Å². The maximum atomic E-state index is 5.17. The third-order valence-electron chi connectivity index (χ3n) is 8.25. The molecule has 0 N–H and O–H groups in total. The lowest BCUT2D eigenvalue weighted by Crippen LogP contribution is -2.06. The Labute approximate surface area is 257 Å². The molecule has 3 aromatic heterocycles. The number of nitrogens with zero attached hydrogens (tertiary/aromatic N) is 4. The second kappa shape index (κ2) is 9.97. The normalized spacial score (nSPS) is 11.6. The second-order valence-electron chi connectivity index (χ2n) is 10.9. The zero-order valence-corrected chi connectivity index (χ0v) is 24.4. The molecule has 0 bridgehead atoms. The largest absolute Gasteiger partial charge is 0.278 e. The zero-order valence-electron chi connectivity index (χ0n) is 23.6. The molecule has 0 aliphatic heterocycles. The summed E-state index contributed by atoms with van der Waals surface area (Å²) in [7, 11) is 0. The van der Waals surface area contributed by atoms with Gasteiger partial charge < -0.3 is 0 Å². The predicted molar refractivity (Wildman–Crippen MR) is 183 cm³/mol. The van der Waals surface area contributed by atoms with E-state index in [4.69, 9.17) is 15.0 Å². The summed E-state index contributed by atoms with van der Waals surface area (Å²) in [6, 6.07) is 50.8. The first-order chi connectivity index (χ1) is 21.8. The summed E-state index contributed by atoms with van der Waals surface area (Å²) in [5.41, 5.74) is 6.32. The summed E-state index contributed by atoms with van der Waals surface area (Å²) in [5.74, 6) is 1.88. The average molecular weight is 581 g/mol. The monoisotopic (exact) mass is 580 g/mol. The predicted octanol–water partition coefficient (Wildman–Crippen LogP) is 10.3. The van der Waals surface area contributed by atoms with Crippen LogP contribution in [0, 0.1) is 0 Å². The summed E-state index contributed by atoms with van der Waals surface area (Å²) in [5, 5.41) is 4.93. The first kappa shape index (κ1) is 24.9. The number of hydrogen-bond donors (Lipinski definition) is 0. The highest BCUT2D eigenvalue weighted by molar-refractivity contribution is 7.25. The van der Waals surface area contributed by atoms with Gasteiger partial charge in [0.25, 0.3) is 0 Å². The molecule has 0 saturated heterocycles. The van der Waals surface area contributed by atoms with Crippen molar-refractivity contribution < 1.29 is 0 Å². The van der Waals surface area contributed by atoms with Crippen LogP contribution in [0.4, 0.5) is 0 Å². The molecule has 0 aliphatic carbocycles. The van der Waals surface area contributed by atoms with Crippen LogP contribution < -0.4 is 0 Å².